The quantitative estimate of drug-likeness (QED) is 0.0845. The number of benzene rings is 1. The van der Waals surface area contributed by atoms with E-state index in [1.165, 1.54) is 12.1 Å². The number of carbonyl (C=O) groups excluding carboxylic acids is 6. The third-order valence-corrected chi connectivity index (χ3v) is 9.17. The van der Waals surface area contributed by atoms with Crippen molar-refractivity contribution in [3.63, 3.8) is 0 Å². The number of Topliss-reactive ketones (excluding diaryl/α,β-unsaturated/α-hetero) is 1. The van der Waals surface area contributed by atoms with Gasteiger partial charge in [-0.1, -0.05) is 26.0 Å². The molecular weight excluding hydrogens is 700 g/mol. The van der Waals surface area contributed by atoms with Gasteiger partial charge in [-0.25, -0.2) is 0 Å². The van der Waals surface area contributed by atoms with Crippen LogP contribution in [0.1, 0.15) is 90.0 Å². The molecule has 0 aromatic heterocycles. The van der Waals surface area contributed by atoms with E-state index in [9.17, 15) is 43.8 Å². The standard InChI is InChI=1S/C37H60N8O9/c1-22(2)18-24(37(53)54)20-31(47)29(19-23-11-13-25(46)14-12-23)44-36(52)30-21-32(48)41-17-7-8-26(40)33(49)42-27(9-3-5-15-38)34(50)43-28(35(51)45-30)10-4-6-16-39/h11-14,22,24,26-30,46H,3-10,15-21,38-40H2,1-2H3,(H,41,48)(H,42,49)(H,43,50)(H,44,52)(H,45,51)(H,53,54)/t24-,26+,27+,28+,29+,30+/m1/s1. The van der Waals surface area contributed by atoms with Crippen LogP contribution < -0.4 is 43.8 Å². The maximum atomic E-state index is 14.0. The molecule has 1 saturated heterocycles. The van der Waals surface area contributed by atoms with E-state index in [2.05, 4.69) is 26.6 Å². The summed E-state index contributed by atoms with van der Waals surface area (Å²) in [5.74, 6) is -6.26. The van der Waals surface area contributed by atoms with Crippen LogP contribution in [0.3, 0.4) is 0 Å². The molecule has 17 heteroatoms. The highest BCUT2D eigenvalue weighted by Crippen LogP contribution is 2.19. The Kier molecular flexibility index (Phi) is 20.2. The van der Waals surface area contributed by atoms with Crippen molar-refractivity contribution in [3.8, 4) is 5.75 Å². The summed E-state index contributed by atoms with van der Waals surface area (Å²) >= 11 is 0. The third-order valence-electron chi connectivity index (χ3n) is 9.17. The average molecular weight is 761 g/mol. The zero-order valence-corrected chi connectivity index (χ0v) is 31.4. The lowest BCUT2D eigenvalue weighted by molar-refractivity contribution is -0.144. The van der Waals surface area contributed by atoms with E-state index in [-0.39, 0.29) is 56.7 Å². The summed E-state index contributed by atoms with van der Waals surface area (Å²) in [4.78, 5) is 93.2. The summed E-state index contributed by atoms with van der Waals surface area (Å²) in [6, 6.07) is -0.0434. The van der Waals surface area contributed by atoms with E-state index < -0.39 is 83.8 Å². The number of unbranched alkanes of at least 4 members (excludes halogenated alkanes) is 2. The Labute approximate surface area is 316 Å². The maximum absolute atomic E-state index is 14.0. The topological polar surface area (TPSA) is 298 Å². The molecule has 1 aromatic carbocycles. The van der Waals surface area contributed by atoms with Gasteiger partial charge in [0.2, 0.25) is 29.5 Å². The minimum Gasteiger partial charge on any atom is -0.508 e. The first-order valence-corrected chi connectivity index (χ1v) is 18.8. The van der Waals surface area contributed by atoms with Gasteiger partial charge in [-0.3, -0.25) is 33.6 Å². The molecule has 13 N–H and O–H groups in total. The summed E-state index contributed by atoms with van der Waals surface area (Å²) in [6.45, 7) is 4.45. The molecule has 17 nitrogen and oxygen atoms in total. The number of phenols is 1. The van der Waals surface area contributed by atoms with Gasteiger partial charge < -0.3 is 54.0 Å². The Bertz CT molecular complexity index is 1410. The first-order valence-electron chi connectivity index (χ1n) is 18.8. The van der Waals surface area contributed by atoms with E-state index in [0.29, 0.717) is 50.8 Å². The van der Waals surface area contributed by atoms with E-state index in [1.807, 2.05) is 13.8 Å². The first-order chi connectivity index (χ1) is 25.6. The molecule has 302 valence electrons. The van der Waals surface area contributed by atoms with Crippen LogP contribution in [0.4, 0.5) is 0 Å². The van der Waals surface area contributed by atoms with Gasteiger partial charge in [0.25, 0.3) is 0 Å². The Hall–Kier alpha value is -4.61. The molecule has 6 atom stereocenters. The van der Waals surface area contributed by atoms with Crippen molar-refractivity contribution in [1.82, 2.24) is 26.6 Å². The smallest absolute Gasteiger partial charge is 0.306 e. The molecule has 5 amide bonds. The van der Waals surface area contributed by atoms with E-state index in [4.69, 9.17) is 17.2 Å². The van der Waals surface area contributed by atoms with Crippen LogP contribution in [0.5, 0.6) is 5.75 Å². The lowest BCUT2D eigenvalue weighted by Gasteiger charge is -2.27. The summed E-state index contributed by atoms with van der Waals surface area (Å²) in [7, 11) is 0. The van der Waals surface area contributed by atoms with Gasteiger partial charge in [0, 0.05) is 13.0 Å². The van der Waals surface area contributed by atoms with Crippen LogP contribution in [0, 0.1) is 11.8 Å². The highest BCUT2D eigenvalue weighted by molar-refractivity contribution is 5.98. The van der Waals surface area contributed by atoms with Crippen molar-refractivity contribution >= 4 is 41.3 Å². The lowest BCUT2D eigenvalue weighted by Crippen LogP contribution is -2.59. The molecule has 0 saturated carbocycles. The Morgan fingerprint density at radius 3 is 2.00 bits per heavy atom. The van der Waals surface area contributed by atoms with Crippen molar-refractivity contribution in [3.05, 3.63) is 29.8 Å². The molecule has 0 spiro atoms. The first kappa shape index (κ1) is 45.5. The molecule has 0 radical (unpaired) electrons. The van der Waals surface area contributed by atoms with E-state index in [1.54, 1.807) is 12.1 Å². The summed E-state index contributed by atoms with van der Waals surface area (Å²) in [5.41, 5.74) is 18.0. The normalized spacial score (nSPS) is 21.6. The number of phenolic OH excluding ortho intramolecular Hbond substituents is 1. The summed E-state index contributed by atoms with van der Waals surface area (Å²) < 4.78 is 0. The van der Waals surface area contributed by atoms with E-state index >= 15 is 0 Å². The molecular formula is C37H60N8O9. The van der Waals surface area contributed by atoms with Gasteiger partial charge in [0.1, 0.15) is 23.9 Å². The van der Waals surface area contributed by atoms with Crippen LogP contribution in [0.15, 0.2) is 24.3 Å². The number of carboxylic acid groups (broad SMARTS) is 1. The average Bonchev–Trinajstić information content (AvgIpc) is 3.11. The minimum absolute atomic E-state index is 0.0207. The molecule has 1 aliphatic heterocycles. The van der Waals surface area contributed by atoms with E-state index in [0.717, 1.165) is 0 Å². The zero-order chi connectivity index (χ0) is 40.2. The fourth-order valence-electron chi connectivity index (χ4n) is 6.11. The SMILES string of the molecule is CC(C)C[C@H](CC(=O)[C@H](Cc1ccc(O)cc1)NC(=O)[C@@H]1CC(=O)NCCC[C@H](N)C(=O)N[C@@H](CCCCN)C(=O)N[C@@H](CCCCN)C(=O)N1)C(=O)O. The number of rotatable bonds is 18. The van der Waals surface area contributed by atoms with Gasteiger partial charge in [-0.2, -0.15) is 0 Å². The highest BCUT2D eigenvalue weighted by Gasteiger charge is 2.34. The molecule has 1 aliphatic rings. The largest absolute Gasteiger partial charge is 0.508 e. The van der Waals surface area contributed by atoms with Crippen LogP contribution in [-0.2, 0) is 40.0 Å². The molecule has 0 aliphatic carbocycles. The zero-order valence-electron chi connectivity index (χ0n) is 31.4. The van der Waals surface area contributed by atoms with Crippen LogP contribution >= 0.6 is 0 Å². The Morgan fingerprint density at radius 2 is 1.44 bits per heavy atom. The fourth-order valence-corrected chi connectivity index (χ4v) is 6.11. The number of ketones is 1. The highest BCUT2D eigenvalue weighted by atomic mass is 16.4. The minimum atomic E-state index is -1.51. The molecule has 1 aromatic rings. The maximum Gasteiger partial charge on any atom is 0.306 e. The molecule has 54 heavy (non-hydrogen) atoms. The molecule has 0 unspecified atom stereocenters. The van der Waals surface area contributed by atoms with Crippen molar-refractivity contribution in [2.75, 3.05) is 19.6 Å². The van der Waals surface area contributed by atoms with Crippen molar-refractivity contribution in [2.24, 2.45) is 29.0 Å². The number of hydrogen-bond donors (Lipinski definition) is 10. The number of carbonyl (C=O) groups is 7. The van der Waals surface area contributed by atoms with Crippen LogP contribution in [0.2, 0.25) is 0 Å². The molecule has 1 heterocycles. The summed E-state index contributed by atoms with van der Waals surface area (Å²) in [5, 5.41) is 32.9. The molecule has 2 rings (SSSR count). The second kappa shape index (κ2) is 23.9. The van der Waals surface area contributed by atoms with Crippen molar-refractivity contribution < 1.29 is 43.8 Å². The van der Waals surface area contributed by atoms with Gasteiger partial charge >= 0.3 is 5.97 Å². The number of amides is 5. The predicted octanol–water partition coefficient (Wildman–Crippen LogP) is -0.535. The predicted molar refractivity (Wildman–Crippen MR) is 200 cm³/mol. The monoisotopic (exact) mass is 760 g/mol. The van der Waals surface area contributed by atoms with Gasteiger partial charge in [0.05, 0.1) is 24.4 Å². The van der Waals surface area contributed by atoms with Gasteiger partial charge in [-0.05, 0) is 101 Å². The van der Waals surface area contributed by atoms with Crippen molar-refractivity contribution in [1.29, 1.82) is 0 Å². The second-order valence-electron chi connectivity index (χ2n) is 14.3. The number of carboxylic acids is 1. The number of aromatic hydroxyl groups is 1. The van der Waals surface area contributed by atoms with Crippen LogP contribution in [-0.4, -0.2) is 101 Å². The van der Waals surface area contributed by atoms with Crippen molar-refractivity contribution in [2.45, 2.75) is 121 Å². The number of hydrogen-bond acceptors (Lipinski definition) is 11. The summed E-state index contributed by atoms with van der Waals surface area (Å²) in [6.07, 6.45) is 2.10. The number of nitrogens with two attached hydrogens (primary N) is 3. The number of nitrogens with one attached hydrogen (secondary N) is 5. The Balaban J connectivity index is 2.47. The molecule has 1 fully saturated rings. The lowest BCUT2D eigenvalue weighted by atomic mass is 9.89. The van der Waals surface area contributed by atoms with Crippen LogP contribution in [0.25, 0.3) is 0 Å². The third kappa shape index (κ3) is 16.6. The van der Waals surface area contributed by atoms with Gasteiger partial charge in [0.15, 0.2) is 5.78 Å². The number of aliphatic carboxylic acids is 1. The fraction of sp³-hybridized carbons (Fsp3) is 0.649. The second-order valence-corrected chi connectivity index (χ2v) is 14.3. The Morgan fingerprint density at radius 1 is 0.870 bits per heavy atom. The van der Waals surface area contributed by atoms with Gasteiger partial charge in [-0.15, -0.1) is 0 Å². The molecule has 0 bridgehead atoms.